The van der Waals surface area contributed by atoms with Crippen LogP contribution in [0.4, 0.5) is 10.5 Å². The average molecular weight is 440 g/mol. The van der Waals surface area contributed by atoms with Crippen LogP contribution in [-0.2, 0) is 9.59 Å². The number of nitrogens with zero attached hydrogens (tertiary/aromatic N) is 1. The van der Waals surface area contributed by atoms with E-state index in [9.17, 15) is 14.4 Å². The van der Waals surface area contributed by atoms with E-state index in [2.05, 4.69) is 24.5 Å². The lowest BCUT2D eigenvalue weighted by molar-refractivity contribution is -0.138. The molecule has 1 atom stereocenters. The van der Waals surface area contributed by atoms with Gasteiger partial charge in [-0.05, 0) is 37.5 Å². The minimum atomic E-state index is -1.01. The predicted octanol–water partition coefficient (Wildman–Crippen LogP) is 4.90. The number of urea groups is 1. The van der Waals surface area contributed by atoms with Gasteiger partial charge in [0.1, 0.15) is 6.04 Å². The molecule has 0 radical (unpaired) electrons. The fraction of sp³-hybridized carbons (Fsp3) is 0.591. The maximum absolute atomic E-state index is 13.2. The molecule has 1 rings (SSSR count). The van der Waals surface area contributed by atoms with E-state index < -0.39 is 18.0 Å². The summed E-state index contributed by atoms with van der Waals surface area (Å²) in [6.45, 7) is 5.41. The van der Waals surface area contributed by atoms with Crippen LogP contribution in [0.5, 0.6) is 0 Å². The first-order valence-electron chi connectivity index (χ1n) is 10.7. The van der Waals surface area contributed by atoms with E-state index in [1.165, 1.54) is 0 Å². The Kier molecular flexibility index (Phi) is 12.6. The van der Waals surface area contributed by atoms with Gasteiger partial charge >= 0.3 is 12.0 Å². The zero-order valence-corrected chi connectivity index (χ0v) is 18.7. The summed E-state index contributed by atoms with van der Waals surface area (Å²) in [5.41, 5.74) is 0.493. The Balaban J connectivity index is 2.84. The summed E-state index contributed by atoms with van der Waals surface area (Å²) in [7, 11) is 0. The molecule has 0 spiro atoms. The monoisotopic (exact) mass is 439 g/mol. The molecule has 1 aromatic rings. The van der Waals surface area contributed by atoms with Gasteiger partial charge in [-0.25, -0.2) is 4.79 Å². The van der Waals surface area contributed by atoms with E-state index in [0.717, 1.165) is 38.5 Å². The molecule has 0 saturated heterocycles. The molecular formula is C22H34ClN3O4. The highest BCUT2D eigenvalue weighted by molar-refractivity contribution is 6.30. The lowest BCUT2D eigenvalue weighted by atomic mass is 10.1. The van der Waals surface area contributed by atoms with Crippen molar-refractivity contribution in [3.63, 3.8) is 0 Å². The van der Waals surface area contributed by atoms with Crippen molar-refractivity contribution in [1.82, 2.24) is 10.2 Å². The zero-order valence-electron chi connectivity index (χ0n) is 18.0. The van der Waals surface area contributed by atoms with Crippen molar-refractivity contribution in [2.75, 3.05) is 18.4 Å². The number of anilines is 1. The van der Waals surface area contributed by atoms with Gasteiger partial charge in [-0.2, -0.15) is 0 Å². The van der Waals surface area contributed by atoms with Gasteiger partial charge in [-0.15, -0.1) is 0 Å². The molecule has 3 N–H and O–H groups in total. The topological polar surface area (TPSA) is 98.7 Å². The molecule has 0 aliphatic rings. The number of halogens is 1. The normalized spacial score (nSPS) is 11.6. The highest BCUT2D eigenvalue weighted by Crippen LogP contribution is 2.15. The first-order chi connectivity index (χ1) is 14.4. The average Bonchev–Trinajstić information content (AvgIpc) is 2.69. The Bertz CT molecular complexity index is 674. The third-order valence-electron chi connectivity index (χ3n) is 4.71. The molecule has 8 heteroatoms. The number of unbranched alkanes of at least 4 members (excludes halogenated alkanes) is 4. The number of hydrogen-bond acceptors (Lipinski definition) is 3. The number of amides is 3. The van der Waals surface area contributed by atoms with E-state index in [1.807, 2.05) is 0 Å². The molecule has 0 bridgehead atoms. The SMILES string of the molecule is CCCCCN(CCCCC)C(=O)C(CCC(=O)O)NC(=O)Nc1cccc(Cl)c1. The lowest BCUT2D eigenvalue weighted by Gasteiger charge is -2.28. The fourth-order valence-corrected chi connectivity index (χ4v) is 3.27. The second-order valence-electron chi connectivity index (χ2n) is 7.33. The van der Waals surface area contributed by atoms with Crippen LogP contribution >= 0.6 is 11.6 Å². The van der Waals surface area contributed by atoms with Crippen LogP contribution in [0.1, 0.15) is 65.2 Å². The van der Waals surface area contributed by atoms with Gasteiger partial charge in [0.15, 0.2) is 0 Å². The fourth-order valence-electron chi connectivity index (χ4n) is 3.07. The van der Waals surface area contributed by atoms with E-state index in [4.69, 9.17) is 16.7 Å². The molecule has 0 saturated carbocycles. The molecule has 7 nitrogen and oxygen atoms in total. The molecule has 0 aliphatic carbocycles. The molecule has 0 heterocycles. The van der Waals surface area contributed by atoms with E-state index >= 15 is 0 Å². The maximum atomic E-state index is 13.2. The molecule has 1 aromatic carbocycles. The highest BCUT2D eigenvalue weighted by Gasteiger charge is 2.26. The predicted molar refractivity (Wildman–Crippen MR) is 120 cm³/mol. The largest absolute Gasteiger partial charge is 0.481 e. The maximum Gasteiger partial charge on any atom is 0.319 e. The van der Waals surface area contributed by atoms with Crippen LogP contribution in [0.3, 0.4) is 0 Å². The van der Waals surface area contributed by atoms with Crippen LogP contribution < -0.4 is 10.6 Å². The summed E-state index contributed by atoms with van der Waals surface area (Å²) in [5.74, 6) is -1.24. The van der Waals surface area contributed by atoms with Gasteiger partial charge in [-0.1, -0.05) is 57.2 Å². The Morgan fingerprint density at radius 1 is 1.07 bits per heavy atom. The number of carboxylic acid groups (broad SMARTS) is 1. The van der Waals surface area contributed by atoms with Crippen LogP contribution in [0, 0.1) is 0 Å². The summed E-state index contributed by atoms with van der Waals surface area (Å²) >= 11 is 5.93. The molecule has 1 unspecified atom stereocenters. The zero-order chi connectivity index (χ0) is 22.4. The molecule has 0 aliphatic heterocycles. The summed E-state index contributed by atoms with van der Waals surface area (Å²) in [6, 6.07) is 5.20. The Hall–Kier alpha value is -2.28. The number of carboxylic acids is 1. The third kappa shape index (κ3) is 10.5. The number of carbonyl (C=O) groups excluding carboxylic acids is 2. The quantitative estimate of drug-likeness (QED) is 0.359. The molecular weight excluding hydrogens is 406 g/mol. The van der Waals surface area contributed by atoms with Crippen molar-refractivity contribution in [2.24, 2.45) is 0 Å². The number of rotatable bonds is 14. The Labute approximate surface area is 184 Å². The van der Waals surface area contributed by atoms with Crippen LogP contribution in [0.2, 0.25) is 5.02 Å². The number of hydrogen-bond donors (Lipinski definition) is 3. The van der Waals surface area contributed by atoms with Gasteiger partial charge in [0.2, 0.25) is 5.91 Å². The molecule has 0 aromatic heterocycles. The second-order valence-corrected chi connectivity index (χ2v) is 7.77. The summed E-state index contributed by atoms with van der Waals surface area (Å²) in [4.78, 5) is 38.4. The van der Waals surface area contributed by atoms with Gasteiger partial charge in [0, 0.05) is 30.2 Å². The molecule has 0 fully saturated rings. The first kappa shape index (κ1) is 25.8. The lowest BCUT2D eigenvalue weighted by Crippen LogP contribution is -2.50. The minimum Gasteiger partial charge on any atom is -0.481 e. The van der Waals surface area contributed by atoms with Gasteiger partial charge in [0.25, 0.3) is 0 Å². The molecule has 3 amide bonds. The second kappa shape index (κ2) is 14.7. The Morgan fingerprint density at radius 2 is 1.70 bits per heavy atom. The Morgan fingerprint density at radius 3 is 2.23 bits per heavy atom. The summed E-state index contributed by atoms with van der Waals surface area (Å²) in [5, 5.41) is 14.8. The van der Waals surface area contributed by atoms with Crippen LogP contribution in [0.15, 0.2) is 24.3 Å². The van der Waals surface area contributed by atoms with Crippen molar-refractivity contribution in [2.45, 2.75) is 71.3 Å². The standard InChI is InChI=1S/C22H34ClN3O4/c1-3-5-7-14-26(15-8-6-4-2)21(29)19(12-13-20(27)28)25-22(30)24-18-11-9-10-17(23)16-18/h9-11,16,19H,3-8,12-15H2,1-2H3,(H,27,28)(H2,24,25,30). The first-order valence-corrected chi connectivity index (χ1v) is 11.1. The molecule has 168 valence electrons. The van der Waals surface area contributed by atoms with Crippen molar-refractivity contribution in [3.8, 4) is 0 Å². The van der Waals surface area contributed by atoms with Crippen LogP contribution in [0.25, 0.3) is 0 Å². The van der Waals surface area contributed by atoms with Gasteiger partial charge < -0.3 is 20.6 Å². The number of carbonyl (C=O) groups is 3. The van der Waals surface area contributed by atoms with E-state index in [1.54, 1.807) is 29.2 Å². The van der Waals surface area contributed by atoms with Gasteiger partial charge in [-0.3, -0.25) is 9.59 Å². The number of aliphatic carboxylic acids is 1. The van der Waals surface area contributed by atoms with Crippen molar-refractivity contribution in [1.29, 1.82) is 0 Å². The van der Waals surface area contributed by atoms with Crippen LogP contribution in [-0.4, -0.2) is 47.0 Å². The van der Waals surface area contributed by atoms with E-state index in [-0.39, 0.29) is 18.7 Å². The van der Waals surface area contributed by atoms with Crippen molar-refractivity contribution >= 4 is 35.2 Å². The highest BCUT2D eigenvalue weighted by atomic mass is 35.5. The minimum absolute atomic E-state index is 0.0369. The smallest absolute Gasteiger partial charge is 0.319 e. The summed E-state index contributed by atoms with van der Waals surface area (Å²) in [6.07, 6.45) is 5.71. The third-order valence-corrected chi connectivity index (χ3v) is 4.94. The number of nitrogens with one attached hydrogen (secondary N) is 2. The van der Waals surface area contributed by atoms with Crippen molar-refractivity contribution < 1.29 is 19.5 Å². The molecule has 30 heavy (non-hydrogen) atoms. The van der Waals surface area contributed by atoms with Crippen molar-refractivity contribution in [3.05, 3.63) is 29.3 Å². The summed E-state index contributed by atoms with van der Waals surface area (Å²) < 4.78 is 0. The van der Waals surface area contributed by atoms with Gasteiger partial charge in [0.05, 0.1) is 0 Å². The number of benzene rings is 1. The van der Waals surface area contributed by atoms with E-state index in [0.29, 0.717) is 23.8 Å².